The van der Waals surface area contributed by atoms with Gasteiger partial charge in [-0.2, -0.15) is 13.2 Å². The molecule has 21 heavy (non-hydrogen) atoms. The van der Waals surface area contributed by atoms with Crippen LogP contribution in [0.3, 0.4) is 0 Å². The summed E-state index contributed by atoms with van der Waals surface area (Å²) in [6.45, 7) is 2.90. The lowest BCUT2D eigenvalue weighted by Crippen LogP contribution is -2.31. The third kappa shape index (κ3) is 2.58. The van der Waals surface area contributed by atoms with Gasteiger partial charge in [0.2, 0.25) is 0 Å². The average Bonchev–Trinajstić information content (AvgIpc) is 2.94. The Morgan fingerprint density at radius 2 is 2.10 bits per heavy atom. The first kappa shape index (κ1) is 14.2. The maximum atomic E-state index is 13.0. The fraction of sp³-hybridized carbons (Fsp3) is 0.375. The Morgan fingerprint density at radius 1 is 1.29 bits per heavy atom. The smallest absolute Gasteiger partial charge is 0.417 e. The number of fused-ring (bicyclic) bond motifs is 1. The molecular weight excluding hydrogens is 279 g/mol. The SMILES string of the molecule is CCC1C=C(c2ccc(C(F)(F)F)c3ccoc23)CCN1. The molecule has 0 bridgehead atoms. The number of rotatable bonds is 2. The van der Waals surface area contributed by atoms with E-state index in [1.54, 1.807) is 0 Å². The molecule has 1 aliphatic rings. The molecule has 0 spiro atoms. The van der Waals surface area contributed by atoms with E-state index in [1.165, 1.54) is 18.4 Å². The van der Waals surface area contributed by atoms with Crippen molar-refractivity contribution in [3.63, 3.8) is 0 Å². The second kappa shape index (κ2) is 5.22. The lowest BCUT2D eigenvalue weighted by Gasteiger charge is -2.22. The van der Waals surface area contributed by atoms with Gasteiger partial charge in [0.1, 0.15) is 5.58 Å². The molecule has 0 saturated carbocycles. The summed E-state index contributed by atoms with van der Waals surface area (Å²) in [5.74, 6) is 0. The van der Waals surface area contributed by atoms with Gasteiger partial charge in [-0.3, -0.25) is 0 Å². The molecule has 2 aromatic rings. The van der Waals surface area contributed by atoms with Gasteiger partial charge in [0.25, 0.3) is 0 Å². The minimum Gasteiger partial charge on any atom is -0.464 e. The first-order valence-corrected chi connectivity index (χ1v) is 7.02. The van der Waals surface area contributed by atoms with Gasteiger partial charge in [0.05, 0.1) is 11.8 Å². The molecule has 1 aliphatic heterocycles. The Morgan fingerprint density at radius 3 is 2.81 bits per heavy atom. The molecule has 1 atom stereocenters. The zero-order chi connectivity index (χ0) is 15.0. The van der Waals surface area contributed by atoms with Gasteiger partial charge in [0.15, 0.2) is 0 Å². The molecular formula is C16H16F3NO. The fourth-order valence-corrected chi connectivity index (χ4v) is 2.83. The summed E-state index contributed by atoms with van der Waals surface area (Å²) in [5, 5.41) is 3.49. The first-order chi connectivity index (χ1) is 10.0. The number of halogens is 3. The monoisotopic (exact) mass is 295 g/mol. The van der Waals surface area contributed by atoms with Crippen molar-refractivity contribution < 1.29 is 17.6 Å². The highest BCUT2D eigenvalue weighted by atomic mass is 19.4. The molecule has 2 nitrogen and oxygen atoms in total. The first-order valence-electron chi connectivity index (χ1n) is 7.02. The lowest BCUT2D eigenvalue weighted by atomic mass is 9.93. The normalized spacial score (nSPS) is 19.8. The fourth-order valence-electron chi connectivity index (χ4n) is 2.83. The van der Waals surface area contributed by atoms with E-state index in [1.807, 2.05) is 0 Å². The molecule has 1 aromatic heterocycles. The maximum absolute atomic E-state index is 13.0. The Bertz CT molecular complexity index is 684. The number of furan rings is 1. The Labute approximate surface area is 120 Å². The summed E-state index contributed by atoms with van der Waals surface area (Å²) >= 11 is 0. The van der Waals surface area contributed by atoms with Gasteiger partial charge >= 0.3 is 6.18 Å². The Balaban J connectivity index is 2.13. The van der Waals surface area contributed by atoms with Gasteiger partial charge in [-0.1, -0.05) is 19.1 Å². The van der Waals surface area contributed by atoms with Crippen LogP contribution in [0.2, 0.25) is 0 Å². The average molecular weight is 295 g/mol. The third-order valence-corrected chi connectivity index (χ3v) is 3.91. The van der Waals surface area contributed by atoms with Crippen molar-refractivity contribution in [3.8, 4) is 0 Å². The van der Waals surface area contributed by atoms with E-state index in [-0.39, 0.29) is 11.4 Å². The predicted molar refractivity (Wildman–Crippen MR) is 75.9 cm³/mol. The van der Waals surface area contributed by atoms with Gasteiger partial charge in [-0.05, 0) is 37.1 Å². The molecule has 112 valence electrons. The minimum absolute atomic E-state index is 0.132. The largest absolute Gasteiger partial charge is 0.464 e. The summed E-state index contributed by atoms with van der Waals surface area (Å²) in [5.41, 5.74) is 1.50. The quantitative estimate of drug-likeness (QED) is 0.875. The van der Waals surface area contributed by atoms with Crippen molar-refractivity contribution in [2.45, 2.75) is 32.0 Å². The van der Waals surface area contributed by atoms with Gasteiger partial charge < -0.3 is 9.73 Å². The molecule has 0 aliphatic carbocycles. The zero-order valence-electron chi connectivity index (χ0n) is 11.6. The van der Waals surface area contributed by atoms with Crippen LogP contribution in [0.5, 0.6) is 0 Å². The van der Waals surface area contributed by atoms with E-state index in [2.05, 4.69) is 18.3 Å². The molecule has 0 radical (unpaired) electrons. The summed E-state index contributed by atoms with van der Waals surface area (Å²) in [7, 11) is 0. The van der Waals surface area contributed by atoms with E-state index < -0.39 is 11.7 Å². The van der Waals surface area contributed by atoms with Crippen LogP contribution in [-0.4, -0.2) is 12.6 Å². The predicted octanol–water partition coefficient (Wildman–Crippen LogP) is 4.61. The van der Waals surface area contributed by atoms with Crippen molar-refractivity contribution in [1.82, 2.24) is 5.32 Å². The van der Waals surface area contributed by atoms with Crippen LogP contribution >= 0.6 is 0 Å². The van der Waals surface area contributed by atoms with Gasteiger partial charge in [-0.15, -0.1) is 0 Å². The van der Waals surface area contributed by atoms with Crippen LogP contribution in [0.1, 0.15) is 30.9 Å². The van der Waals surface area contributed by atoms with Crippen molar-refractivity contribution >= 4 is 16.5 Å². The number of nitrogens with one attached hydrogen (secondary N) is 1. The number of hydrogen-bond donors (Lipinski definition) is 1. The topological polar surface area (TPSA) is 25.2 Å². The molecule has 1 aromatic carbocycles. The Hall–Kier alpha value is -1.75. The third-order valence-electron chi connectivity index (χ3n) is 3.91. The Kier molecular flexibility index (Phi) is 3.53. The van der Waals surface area contributed by atoms with E-state index in [9.17, 15) is 13.2 Å². The summed E-state index contributed by atoms with van der Waals surface area (Å²) in [6, 6.07) is 4.33. The van der Waals surface area contributed by atoms with Gasteiger partial charge in [-0.25, -0.2) is 0 Å². The van der Waals surface area contributed by atoms with Crippen LogP contribution in [-0.2, 0) is 6.18 Å². The second-order valence-electron chi connectivity index (χ2n) is 5.23. The highest BCUT2D eigenvalue weighted by Crippen LogP contribution is 2.39. The molecule has 1 N–H and O–H groups in total. The molecule has 5 heteroatoms. The second-order valence-corrected chi connectivity index (χ2v) is 5.23. The van der Waals surface area contributed by atoms with Gasteiger partial charge in [0, 0.05) is 17.0 Å². The summed E-state index contributed by atoms with van der Waals surface area (Å²) < 4.78 is 44.4. The van der Waals surface area contributed by atoms with Crippen molar-refractivity contribution in [1.29, 1.82) is 0 Å². The number of benzene rings is 1. The molecule has 0 fully saturated rings. The zero-order valence-corrected chi connectivity index (χ0v) is 11.6. The highest BCUT2D eigenvalue weighted by Gasteiger charge is 2.34. The van der Waals surface area contributed by atoms with Crippen LogP contribution in [0.15, 0.2) is 35.0 Å². The number of alkyl halides is 3. The number of hydrogen-bond acceptors (Lipinski definition) is 2. The van der Waals surface area contributed by atoms with Crippen molar-refractivity contribution in [2.24, 2.45) is 0 Å². The summed E-state index contributed by atoms with van der Waals surface area (Å²) in [4.78, 5) is 0. The molecule has 0 amide bonds. The van der Waals surface area contributed by atoms with Crippen LogP contribution in [0, 0.1) is 0 Å². The standard InChI is InChI=1S/C16H16F3NO/c1-2-11-9-10(5-7-20-11)12-3-4-14(16(17,18)19)13-6-8-21-15(12)13/h3-4,6,8-9,11,20H,2,5,7H2,1H3. The van der Waals surface area contributed by atoms with E-state index >= 15 is 0 Å². The lowest BCUT2D eigenvalue weighted by molar-refractivity contribution is -0.136. The van der Waals surface area contributed by atoms with Crippen molar-refractivity contribution in [3.05, 3.63) is 41.7 Å². The van der Waals surface area contributed by atoms with E-state index in [4.69, 9.17) is 4.42 Å². The summed E-state index contributed by atoms with van der Waals surface area (Å²) in [6.07, 6.45) is 0.786. The van der Waals surface area contributed by atoms with Crippen LogP contribution < -0.4 is 5.32 Å². The molecule has 2 heterocycles. The van der Waals surface area contributed by atoms with E-state index in [0.29, 0.717) is 5.58 Å². The van der Waals surface area contributed by atoms with Crippen LogP contribution in [0.25, 0.3) is 16.5 Å². The van der Waals surface area contributed by atoms with Crippen LogP contribution in [0.4, 0.5) is 13.2 Å². The van der Waals surface area contributed by atoms with Crippen molar-refractivity contribution in [2.75, 3.05) is 6.54 Å². The minimum atomic E-state index is -4.37. The highest BCUT2D eigenvalue weighted by molar-refractivity contribution is 5.92. The molecule has 0 saturated heterocycles. The maximum Gasteiger partial charge on any atom is 0.417 e. The molecule has 1 unspecified atom stereocenters. The van der Waals surface area contributed by atoms with E-state index in [0.717, 1.165) is 36.6 Å². The molecule has 3 rings (SSSR count).